The van der Waals surface area contributed by atoms with Crippen LogP contribution in [-0.2, 0) is 30.9 Å². The number of aliphatic hydroxyl groups is 1. The number of rotatable bonds is 7. The van der Waals surface area contributed by atoms with Crippen molar-refractivity contribution in [3.8, 4) is 0 Å². The number of aliphatic hydroxyl groups excluding tert-OH is 1. The molecule has 2 aliphatic heterocycles. The number of β-lactam (4-membered cyclic amide) rings is 1. The van der Waals surface area contributed by atoms with E-state index in [9.17, 15) is 24.3 Å². The Labute approximate surface area is 219 Å². The van der Waals surface area contributed by atoms with E-state index in [2.05, 4.69) is 15.6 Å². The number of carbonyl (C=O) groups excluding carboxylic acids is 4. The van der Waals surface area contributed by atoms with Gasteiger partial charge in [-0.2, -0.15) is 0 Å². The largest absolute Gasteiger partial charge is 0.427 e. The molecule has 12 heteroatoms. The molecular formula is C26H31N5O7. The van der Waals surface area contributed by atoms with Gasteiger partial charge in [-0.05, 0) is 57.4 Å². The second-order valence-electron chi connectivity index (χ2n) is 10.3. The van der Waals surface area contributed by atoms with E-state index in [1.165, 1.54) is 11.8 Å². The van der Waals surface area contributed by atoms with Gasteiger partial charge in [-0.3, -0.25) is 14.9 Å². The SMILES string of the molecule is C[C@@H](O)[C@H]1C(=O)N2C(C(=O)OCOC(=O)C(C)(C)C)=C(c3cccc(NC(=O)Nc4nccn4C)c3)C[C@H]12. The number of hydrogen-bond acceptors (Lipinski definition) is 8. The van der Waals surface area contributed by atoms with Gasteiger partial charge in [0, 0.05) is 25.1 Å². The highest BCUT2D eigenvalue weighted by atomic mass is 16.7. The summed E-state index contributed by atoms with van der Waals surface area (Å²) in [5.74, 6) is -2.05. The van der Waals surface area contributed by atoms with Gasteiger partial charge < -0.3 is 29.4 Å². The highest BCUT2D eigenvalue weighted by molar-refractivity contribution is 6.07. The maximum atomic E-state index is 13.1. The number of nitrogens with zero attached hydrogens (tertiary/aromatic N) is 3. The minimum Gasteiger partial charge on any atom is -0.427 e. The zero-order chi connectivity index (χ0) is 27.8. The molecule has 4 rings (SSSR count). The highest BCUT2D eigenvalue weighted by Gasteiger charge is 2.57. The summed E-state index contributed by atoms with van der Waals surface area (Å²) >= 11 is 0. The molecule has 0 bridgehead atoms. The van der Waals surface area contributed by atoms with Crippen LogP contribution >= 0.6 is 0 Å². The fraction of sp³-hybridized carbons (Fsp3) is 0.423. The van der Waals surface area contributed by atoms with E-state index in [4.69, 9.17) is 9.47 Å². The van der Waals surface area contributed by atoms with Crippen molar-refractivity contribution in [2.75, 3.05) is 17.4 Å². The Bertz CT molecular complexity index is 1310. The Hall–Kier alpha value is -4.19. The van der Waals surface area contributed by atoms with Gasteiger partial charge in [-0.15, -0.1) is 0 Å². The lowest BCUT2D eigenvalue weighted by Gasteiger charge is -2.44. The van der Waals surface area contributed by atoms with Crippen LogP contribution in [0.25, 0.3) is 5.57 Å². The summed E-state index contributed by atoms with van der Waals surface area (Å²) in [6.45, 7) is 5.95. The van der Waals surface area contributed by atoms with Crippen LogP contribution in [0.4, 0.5) is 16.4 Å². The average molecular weight is 526 g/mol. The first-order valence-corrected chi connectivity index (χ1v) is 12.1. The normalized spacial score (nSPS) is 19.4. The minimum atomic E-state index is -0.893. The van der Waals surface area contributed by atoms with E-state index < -0.39 is 48.2 Å². The molecule has 3 N–H and O–H groups in total. The molecular weight excluding hydrogens is 494 g/mol. The molecule has 1 aromatic carbocycles. The zero-order valence-electron chi connectivity index (χ0n) is 21.8. The average Bonchev–Trinajstić information content (AvgIpc) is 3.38. The molecule has 38 heavy (non-hydrogen) atoms. The summed E-state index contributed by atoms with van der Waals surface area (Å²) in [4.78, 5) is 55.9. The van der Waals surface area contributed by atoms with Crippen LogP contribution in [0.15, 0.2) is 42.4 Å². The molecule has 1 fully saturated rings. The van der Waals surface area contributed by atoms with Crippen molar-refractivity contribution >= 4 is 41.1 Å². The van der Waals surface area contributed by atoms with Crippen LogP contribution in [0.5, 0.6) is 0 Å². The molecule has 1 saturated heterocycles. The van der Waals surface area contributed by atoms with Crippen LogP contribution in [0.2, 0.25) is 0 Å². The first kappa shape index (κ1) is 26.9. The van der Waals surface area contributed by atoms with Crippen molar-refractivity contribution in [3.63, 3.8) is 0 Å². The molecule has 0 saturated carbocycles. The fourth-order valence-electron chi connectivity index (χ4n) is 4.47. The van der Waals surface area contributed by atoms with Crippen LogP contribution in [-0.4, -0.2) is 62.4 Å². The highest BCUT2D eigenvalue weighted by Crippen LogP contribution is 2.47. The molecule has 202 valence electrons. The summed E-state index contributed by atoms with van der Waals surface area (Å²) in [5.41, 5.74) is 0.805. The standard InChI is InChI=1S/C26H31N5O7/c1-14(32)19-18-12-17(20(31(18)21(19)33)22(34)37-13-38-23(35)26(2,3)4)15-7-6-8-16(11-15)28-25(36)29-24-27-9-10-30(24)5/h6-11,14,18-19,32H,12-13H2,1-5H3,(H2,27,28,29,36)/t14-,18-,19-/m1/s1. The van der Waals surface area contributed by atoms with Gasteiger partial charge in [-0.25, -0.2) is 14.6 Å². The lowest BCUT2D eigenvalue weighted by Crippen LogP contribution is -2.61. The molecule has 3 amide bonds. The van der Waals surface area contributed by atoms with E-state index >= 15 is 0 Å². The number of aryl methyl sites for hydroxylation is 1. The third-order valence-corrected chi connectivity index (χ3v) is 6.43. The number of nitrogens with one attached hydrogen (secondary N) is 2. The molecule has 1 aromatic heterocycles. The van der Waals surface area contributed by atoms with Gasteiger partial charge in [0.25, 0.3) is 0 Å². The van der Waals surface area contributed by atoms with Gasteiger partial charge in [0.2, 0.25) is 18.6 Å². The van der Waals surface area contributed by atoms with E-state index in [1.807, 2.05) is 0 Å². The molecule has 0 aliphatic carbocycles. The van der Waals surface area contributed by atoms with Gasteiger partial charge in [0.15, 0.2) is 0 Å². The number of fused-ring (bicyclic) bond motifs is 1. The van der Waals surface area contributed by atoms with Gasteiger partial charge in [-0.1, -0.05) is 12.1 Å². The Morgan fingerprint density at radius 1 is 1.21 bits per heavy atom. The summed E-state index contributed by atoms with van der Waals surface area (Å²) in [6, 6.07) is 5.88. The Morgan fingerprint density at radius 3 is 2.58 bits per heavy atom. The van der Waals surface area contributed by atoms with Crippen molar-refractivity contribution in [3.05, 3.63) is 47.9 Å². The number of aromatic nitrogens is 2. The van der Waals surface area contributed by atoms with Crippen molar-refractivity contribution in [2.24, 2.45) is 18.4 Å². The third kappa shape index (κ3) is 5.25. The molecule has 0 unspecified atom stereocenters. The summed E-state index contributed by atoms with van der Waals surface area (Å²) in [7, 11) is 1.74. The number of urea groups is 1. The first-order chi connectivity index (χ1) is 17.9. The first-order valence-electron chi connectivity index (χ1n) is 12.1. The molecule has 3 atom stereocenters. The summed E-state index contributed by atoms with van der Waals surface area (Å²) < 4.78 is 11.9. The summed E-state index contributed by atoms with van der Waals surface area (Å²) in [5, 5.41) is 15.5. The second kappa shape index (κ2) is 10.3. The van der Waals surface area contributed by atoms with Crippen molar-refractivity contribution < 1.29 is 33.8 Å². The van der Waals surface area contributed by atoms with Gasteiger partial charge in [0.1, 0.15) is 5.70 Å². The quantitative estimate of drug-likeness (QED) is 0.283. The van der Waals surface area contributed by atoms with Crippen LogP contribution in [0, 0.1) is 11.3 Å². The minimum absolute atomic E-state index is 0.0262. The van der Waals surface area contributed by atoms with E-state index in [0.717, 1.165) is 0 Å². The van der Waals surface area contributed by atoms with E-state index in [1.54, 1.807) is 69.0 Å². The van der Waals surface area contributed by atoms with Crippen LogP contribution in [0.1, 0.15) is 39.7 Å². The third-order valence-electron chi connectivity index (χ3n) is 6.43. The topological polar surface area (TPSA) is 152 Å². The smallest absolute Gasteiger partial charge is 0.358 e. The molecule has 2 aliphatic rings. The maximum absolute atomic E-state index is 13.1. The number of amides is 3. The predicted molar refractivity (Wildman–Crippen MR) is 136 cm³/mol. The molecule has 0 radical (unpaired) electrons. The van der Waals surface area contributed by atoms with E-state index in [0.29, 0.717) is 29.2 Å². The number of anilines is 2. The van der Waals surface area contributed by atoms with Gasteiger partial charge in [0.05, 0.1) is 23.5 Å². The zero-order valence-corrected chi connectivity index (χ0v) is 21.8. The van der Waals surface area contributed by atoms with Crippen LogP contribution < -0.4 is 10.6 Å². The molecule has 3 heterocycles. The number of carbonyl (C=O) groups is 4. The summed E-state index contributed by atoms with van der Waals surface area (Å²) in [6.07, 6.45) is 2.66. The van der Waals surface area contributed by atoms with Crippen LogP contribution in [0.3, 0.4) is 0 Å². The Balaban J connectivity index is 1.56. The molecule has 0 spiro atoms. The van der Waals surface area contributed by atoms with Gasteiger partial charge >= 0.3 is 18.0 Å². The molecule has 12 nitrogen and oxygen atoms in total. The van der Waals surface area contributed by atoms with Crippen molar-refractivity contribution in [1.29, 1.82) is 0 Å². The van der Waals surface area contributed by atoms with Crippen molar-refractivity contribution in [2.45, 2.75) is 46.3 Å². The molecule has 2 aromatic rings. The Morgan fingerprint density at radius 2 is 1.95 bits per heavy atom. The maximum Gasteiger partial charge on any atom is 0.358 e. The number of esters is 2. The number of imidazole rings is 1. The number of hydrogen-bond donors (Lipinski definition) is 3. The number of benzene rings is 1. The van der Waals surface area contributed by atoms with E-state index in [-0.39, 0.29) is 11.6 Å². The lowest BCUT2D eigenvalue weighted by molar-refractivity contribution is -0.175. The predicted octanol–water partition coefficient (Wildman–Crippen LogP) is 2.48. The van der Waals surface area contributed by atoms with Crippen molar-refractivity contribution in [1.82, 2.24) is 14.5 Å². The monoisotopic (exact) mass is 525 g/mol. The lowest BCUT2D eigenvalue weighted by atomic mass is 9.82. The fourth-order valence-corrected chi connectivity index (χ4v) is 4.47. The Kier molecular flexibility index (Phi) is 7.27. The number of ether oxygens (including phenoxy) is 2. The second-order valence-corrected chi connectivity index (χ2v) is 10.3.